The Morgan fingerprint density at radius 2 is 1.48 bits per heavy atom. The molecule has 0 amide bonds. The fourth-order valence-electron chi connectivity index (χ4n) is 2.09. The van der Waals surface area contributed by atoms with Gasteiger partial charge in [0.15, 0.2) is 0 Å². The summed E-state index contributed by atoms with van der Waals surface area (Å²) in [6, 6.07) is 0. The van der Waals surface area contributed by atoms with Crippen molar-refractivity contribution in [3.63, 3.8) is 0 Å². The molecular formula is C22H34O3. The van der Waals surface area contributed by atoms with Gasteiger partial charge in [0.05, 0.1) is 6.10 Å². The summed E-state index contributed by atoms with van der Waals surface area (Å²) in [5, 5.41) is 18.2. The third-order valence-corrected chi connectivity index (χ3v) is 3.53. The van der Waals surface area contributed by atoms with Crippen molar-refractivity contribution >= 4 is 5.97 Å². The Morgan fingerprint density at radius 3 is 2.08 bits per heavy atom. The summed E-state index contributed by atoms with van der Waals surface area (Å²) >= 11 is 0. The quantitative estimate of drug-likeness (QED) is 0.226. The fraction of sp³-hybridized carbons (Fsp3) is 0.500. The number of carboxylic acids is 1. The molecule has 140 valence electrons. The number of hydrogen-bond donors (Lipinski definition) is 2. The second-order valence-corrected chi connectivity index (χ2v) is 5.93. The number of aliphatic hydroxyl groups is 1. The lowest BCUT2D eigenvalue weighted by atomic mass is 10.1. The van der Waals surface area contributed by atoms with E-state index in [1.54, 1.807) is 0 Å². The molecule has 0 unspecified atom stereocenters. The molecule has 25 heavy (non-hydrogen) atoms. The Morgan fingerprint density at radius 1 is 0.880 bits per heavy atom. The molecule has 0 aromatic heterocycles. The predicted molar refractivity (Wildman–Crippen MR) is 107 cm³/mol. The van der Waals surface area contributed by atoms with Crippen LogP contribution in [-0.4, -0.2) is 22.3 Å². The maximum Gasteiger partial charge on any atom is 0.303 e. The van der Waals surface area contributed by atoms with Gasteiger partial charge >= 0.3 is 5.97 Å². The first kappa shape index (κ1) is 23.1. The van der Waals surface area contributed by atoms with Crippen LogP contribution in [-0.2, 0) is 4.79 Å². The molecule has 0 aliphatic rings. The van der Waals surface area contributed by atoms with Gasteiger partial charge in [0.1, 0.15) is 0 Å². The SMILES string of the molecule is CCCCC[C@@H](O)/C=C/C=C\C/C=C\C/C=C\C/C=C\CCC(=O)O. The molecule has 0 bridgehead atoms. The number of unbranched alkanes of at least 4 members (excludes halogenated alkanes) is 2. The van der Waals surface area contributed by atoms with Crippen LogP contribution in [0, 0.1) is 0 Å². The Kier molecular flexibility index (Phi) is 17.1. The topological polar surface area (TPSA) is 57.5 Å². The van der Waals surface area contributed by atoms with Gasteiger partial charge in [-0.05, 0) is 32.1 Å². The molecule has 0 aliphatic carbocycles. The fourth-order valence-corrected chi connectivity index (χ4v) is 2.09. The second-order valence-electron chi connectivity index (χ2n) is 5.93. The van der Waals surface area contributed by atoms with Gasteiger partial charge in [0, 0.05) is 6.42 Å². The summed E-state index contributed by atoms with van der Waals surface area (Å²) < 4.78 is 0. The summed E-state index contributed by atoms with van der Waals surface area (Å²) in [7, 11) is 0. The normalized spacial score (nSPS) is 14.0. The molecule has 0 aliphatic heterocycles. The lowest BCUT2D eigenvalue weighted by Crippen LogP contribution is -2.00. The van der Waals surface area contributed by atoms with Crippen molar-refractivity contribution < 1.29 is 15.0 Å². The highest BCUT2D eigenvalue weighted by atomic mass is 16.4. The van der Waals surface area contributed by atoms with Crippen LogP contribution in [0.25, 0.3) is 0 Å². The van der Waals surface area contributed by atoms with E-state index in [2.05, 4.69) is 37.3 Å². The first-order valence-corrected chi connectivity index (χ1v) is 9.35. The zero-order chi connectivity index (χ0) is 18.6. The number of carbonyl (C=O) groups is 1. The Bertz CT molecular complexity index is 456. The molecule has 2 N–H and O–H groups in total. The van der Waals surface area contributed by atoms with Gasteiger partial charge in [-0.25, -0.2) is 0 Å². The van der Waals surface area contributed by atoms with E-state index in [9.17, 15) is 9.90 Å². The molecular weight excluding hydrogens is 312 g/mol. The van der Waals surface area contributed by atoms with Crippen LogP contribution in [0.3, 0.4) is 0 Å². The van der Waals surface area contributed by atoms with Gasteiger partial charge in [-0.15, -0.1) is 0 Å². The minimum atomic E-state index is -0.752. The van der Waals surface area contributed by atoms with Crippen LogP contribution in [0.5, 0.6) is 0 Å². The summed E-state index contributed by atoms with van der Waals surface area (Å²) in [6.07, 6.45) is 27.6. The molecule has 0 fully saturated rings. The molecule has 3 nitrogen and oxygen atoms in total. The van der Waals surface area contributed by atoms with E-state index in [0.717, 1.165) is 32.1 Å². The van der Waals surface area contributed by atoms with Crippen LogP contribution in [0.2, 0.25) is 0 Å². The highest BCUT2D eigenvalue weighted by Crippen LogP contribution is 2.04. The molecule has 0 saturated heterocycles. The summed E-state index contributed by atoms with van der Waals surface area (Å²) in [5.41, 5.74) is 0. The second kappa shape index (κ2) is 18.5. The van der Waals surface area contributed by atoms with Gasteiger partial charge in [0.25, 0.3) is 0 Å². The van der Waals surface area contributed by atoms with Crippen molar-refractivity contribution in [1.29, 1.82) is 0 Å². The molecule has 3 heteroatoms. The summed E-state index contributed by atoms with van der Waals surface area (Å²) in [4.78, 5) is 10.3. The maximum absolute atomic E-state index is 10.3. The van der Waals surface area contributed by atoms with Gasteiger partial charge in [-0.2, -0.15) is 0 Å². The first-order valence-electron chi connectivity index (χ1n) is 9.35. The molecule has 1 atom stereocenters. The van der Waals surface area contributed by atoms with Gasteiger partial charge in [-0.3, -0.25) is 4.79 Å². The molecule has 0 heterocycles. The van der Waals surface area contributed by atoms with Crippen molar-refractivity contribution in [3.8, 4) is 0 Å². The van der Waals surface area contributed by atoms with E-state index in [1.165, 1.54) is 12.8 Å². The molecule has 0 rings (SSSR count). The van der Waals surface area contributed by atoms with Gasteiger partial charge < -0.3 is 10.2 Å². The Balaban J connectivity index is 3.61. The van der Waals surface area contributed by atoms with Crippen LogP contribution < -0.4 is 0 Å². The number of aliphatic hydroxyl groups excluding tert-OH is 1. The van der Waals surface area contributed by atoms with E-state index in [0.29, 0.717) is 6.42 Å². The van der Waals surface area contributed by atoms with Crippen LogP contribution in [0.4, 0.5) is 0 Å². The highest BCUT2D eigenvalue weighted by Gasteiger charge is 1.96. The van der Waals surface area contributed by atoms with Gasteiger partial charge in [0.2, 0.25) is 0 Å². The number of aliphatic carboxylic acids is 1. The number of allylic oxidation sites excluding steroid dienone is 9. The van der Waals surface area contributed by atoms with E-state index >= 15 is 0 Å². The highest BCUT2D eigenvalue weighted by molar-refractivity contribution is 5.66. The maximum atomic E-state index is 10.3. The van der Waals surface area contributed by atoms with Crippen LogP contribution >= 0.6 is 0 Å². The number of carboxylic acid groups (broad SMARTS) is 1. The number of hydrogen-bond acceptors (Lipinski definition) is 2. The average molecular weight is 347 g/mol. The summed E-state index contributed by atoms with van der Waals surface area (Å²) in [6.45, 7) is 2.16. The minimum Gasteiger partial charge on any atom is -0.481 e. The van der Waals surface area contributed by atoms with E-state index in [1.807, 2.05) is 30.4 Å². The average Bonchev–Trinajstić information content (AvgIpc) is 2.58. The third kappa shape index (κ3) is 20.1. The largest absolute Gasteiger partial charge is 0.481 e. The minimum absolute atomic E-state index is 0.198. The van der Waals surface area contributed by atoms with Crippen molar-refractivity contribution in [3.05, 3.63) is 60.8 Å². The predicted octanol–water partition coefficient (Wildman–Crippen LogP) is 5.74. The van der Waals surface area contributed by atoms with Gasteiger partial charge in [-0.1, -0.05) is 86.9 Å². The van der Waals surface area contributed by atoms with Crippen molar-refractivity contribution in [2.24, 2.45) is 0 Å². The standard InChI is InChI=1S/C22H34O3/c1-2-3-15-18-21(23)19-16-13-11-9-7-5-4-6-8-10-12-14-17-20-22(24)25/h5-8,11-14,16,19,21,23H,2-4,9-10,15,17-18,20H2,1H3,(H,24,25)/b7-5-,8-6-,13-11-,14-12-,19-16+/t21-/m1/s1. The monoisotopic (exact) mass is 346 g/mol. The van der Waals surface area contributed by atoms with Crippen LogP contribution in [0.1, 0.15) is 64.7 Å². The van der Waals surface area contributed by atoms with E-state index in [-0.39, 0.29) is 12.5 Å². The third-order valence-electron chi connectivity index (χ3n) is 3.53. The molecule has 0 radical (unpaired) electrons. The first-order chi connectivity index (χ1) is 12.2. The lowest BCUT2D eigenvalue weighted by Gasteiger charge is -2.02. The zero-order valence-corrected chi connectivity index (χ0v) is 15.5. The Labute approximate surface area is 153 Å². The smallest absolute Gasteiger partial charge is 0.303 e. The van der Waals surface area contributed by atoms with Crippen molar-refractivity contribution in [2.45, 2.75) is 70.8 Å². The lowest BCUT2D eigenvalue weighted by molar-refractivity contribution is -0.136. The molecule has 0 aromatic carbocycles. The molecule has 0 spiro atoms. The van der Waals surface area contributed by atoms with E-state index in [4.69, 9.17) is 5.11 Å². The van der Waals surface area contributed by atoms with Crippen molar-refractivity contribution in [2.75, 3.05) is 0 Å². The molecule has 0 saturated carbocycles. The van der Waals surface area contributed by atoms with Crippen molar-refractivity contribution in [1.82, 2.24) is 0 Å². The summed E-state index contributed by atoms with van der Waals surface area (Å²) in [5.74, 6) is -0.752. The zero-order valence-electron chi connectivity index (χ0n) is 15.5. The Hall–Kier alpha value is -1.87. The van der Waals surface area contributed by atoms with Crippen LogP contribution in [0.15, 0.2) is 60.8 Å². The number of rotatable bonds is 15. The molecule has 0 aromatic rings. The van der Waals surface area contributed by atoms with E-state index < -0.39 is 5.97 Å².